The predicted octanol–water partition coefficient (Wildman–Crippen LogP) is 1.22. The van der Waals surface area contributed by atoms with Crippen LogP contribution in [0, 0.1) is 0 Å². The van der Waals surface area contributed by atoms with Gasteiger partial charge in [0.1, 0.15) is 0 Å². The molecule has 0 saturated carbocycles. The number of benzene rings is 1. The molecule has 18 heavy (non-hydrogen) atoms. The van der Waals surface area contributed by atoms with Gasteiger partial charge in [0, 0.05) is 38.9 Å². The molecule has 0 aliphatic carbocycles. The van der Waals surface area contributed by atoms with E-state index in [1.54, 1.807) is 7.11 Å². The van der Waals surface area contributed by atoms with Crippen molar-refractivity contribution in [1.82, 2.24) is 9.80 Å². The minimum absolute atomic E-state index is 0.132. The number of amides is 1. The smallest absolute Gasteiger partial charge is 0.253 e. The molecule has 2 rings (SSSR count). The first-order valence-electron chi connectivity index (χ1n) is 6.26. The van der Waals surface area contributed by atoms with Gasteiger partial charge in [0.05, 0.1) is 6.61 Å². The van der Waals surface area contributed by atoms with Crippen molar-refractivity contribution in [2.75, 3.05) is 40.3 Å². The summed E-state index contributed by atoms with van der Waals surface area (Å²) in [7, 11) is 3.75. The summed E-state index contributed by atoms with van der Waals surface area (Å²) in [6.07, 6.45) is 0. The zero-order valence-electron chi connectivity index (χ0n) is 11.1. The molecule has 1 aliphatic rings. The van der Waals surface area contributed by atoms with Gasteiger partial charge in [0.2, 0.25) is 0 Å². The van der Waals surface area contributed by atoms with Crippen molar-refractivity contribution >= 4 is 5.91 Å². The third-order valence-electron chi connectivity index (χ3n) is 3.30. The average molecular weight is 248 g/mol. The van der Waals surface area contributed by atoms with Gasteiger partial charge in [-0.05, 0) is 24.7 Å². The zero-order chi connectivity index (χ0) is 13.0. The third kappa shape index (κ3) is 3.09. The predicted molar refractivity (Wildman–Crippen MR) is 70.6 cm³/mol. The molecule has 0 radical (unpaired) electrons. The summed E-state index contributed by atoms with van der Waals surface area (Å²) in [5.41, 5.74) is 1.85. The molecule has 4 nitrogen and oxygen atoms in total. The van der Waals surface area contributed by atoms with E-state index in [1.165, 1.54) is 0 Å². The zero-order valence-corrected chi connectivity index (χ0v) is 11.1. The number of hydrogen-bond acceptors (Lipinski definition) is 3. The average Bonchev–Trinajstić information content (AvgIpc) is 2.40. The number of likely N-dealkylation sites (N-methyl/N-ethyl adjacent to an activating group) is 1. The topological polar surface area (TPSA) is 32.8 Å². The second-order valence-corrected chi connectivity index (χ2v) is 4.73. The molecule has 1 fully saturated rings. The standard InChI is InChI=1S/C14H20N2O2/c1-15-7-9-16(10-8-15)14(17)13-5-3-12(4-6-13)11-18-2/h3-6H,7-11H2,1-2H3. The molecule has 1 heterocycles. The Bertz CT molecular complexity index is 395. The number of rotatable bonds is 3. The highest BCUT2D eigenvalue weighted by Gasteiger charge is 2.19. The molecule has 0 unspecified atom stereocenters. The molecule has 1 amide bonds. The SMILES string of the molecule is COCc1ccc(C(=O)N2CCN(C)CC2)cc1. The molecule has 0 spiro atoms. The molecule has 1 aliphatic heterocycles. The van der Waals surface area contributed by atoms with Crippen LogP contribution >= 0.6 is 0 Å². The van der Waals surface area contributed by atoms with E-state index in [9.17, 15) is 4.79 Å². The molecule has 0 bridgehead atoms. The van der Waals surface area contributed by atoms with Gasteiger partial charge < -0.3 is 14.5 Å². The largest absolute Gasteiger partial charge is 0.380 e. The Morgan fingerprint density at radius 3 is 2.33 bits per heavy atom. The van der Waals surface area contributed by atoms with Crippen molar-refractivity contribution in [3.8, 4) is 0 Å². The van der Waals surface area contributed by atoms with Gasteiger partial charge in [-0.3, -0.25) is 4.79 Å². The van der Waals surface area contributed by atoms with E-state index in [4.69, 9.17) is 4.74 Å². The van der Waals surface area contributed by atoms with Gasteiger partial charge in [-0.2, -0.15) is 0 Å². The van der Waals surface area contributed by atoms with Crippen LogP contribution in [-0.2, 0) is 11.3 Å². The number of carbonyl (C=O) groups is 1. The van der Waals surface area contributed by atoms with Gasteiger partial charge >= 0.3 is 0 Å². The summed E-state index contributed by atoms with van der Waals surface area (Å²) in [5.74, 6) is 0.132. The van der Waals surface area contributed by atoms with Crippen molar-refractivity contribution in [3.63, 3.8) is 0 Å². The van der Waals surface area contributed by atoms with Crippen molar-refractivity contribution in [2.45, 2.75) is 6.61 Å². The molecule has 1 aromatic carbocycles. The van der Waals surface area contributed by atoms with Crippen LogP contribution in [0.4, 0.5) is 0 Å². The molecule has 1 aromatic rings. The summed E-state index contributed by atoms with van der Waals surface area (Å²) < 4.78 is 5.06. The van der Waals surface area contributed by atoms with Crippen LogP contribution in [0.15, 0.2) is 24.3 Å². The lowest BCUT2D eigenvalue weighted by molar-refractivity contribution is 0.0664. The van der Waals surface area contributed by atoms with Crippen LogP contribution in [0.1, 0.15) is 15.9 Å². The molecule has 1 saturated heterocycles. The van der Waals surface area contributed by atoms with Gasteiger partial charge in [0.25, 0.3) is 5.91 Å². The number of hydrogen-bond donors (Lipinski definition) is 0. The van der Waals surface area contributed by atoms with Gasteiger partial charge in [-0.25, -0.2) is 0 Å². The Labute approximate surface area is 108 Å². The van der Waals surface area contributed by atoms with Crippen LogP contribution in [0.25, 0.3) is 0 Å². The molecular weight excluding hydrogens is 228 g/mol. The van der Waals surface area contributed by atoms with E-state index in [0.29, 0.717) is 6.61 Å². The second-order valence-electron chi connectivity index (χ2n) is 4.73. The van der Waals surface area contributed by atoms with E-state index in [-0.39, 0.29) is 5.91 Å². The molecule has 0 aromatic heterocycles. The van der Waals surface area contributed by atoms with Gasteiger partial charge in [-0.1, -0.05) is 12.1 Å². The van der Waals surface area contributed by atoms with Crippen molar-refractivity contribution in [3.05, 3.63) is 35.4 Å². The van der Waals surface area contributed by atoms with E-state index in [0.717, 1.165) is 37.3 Å². The fourth-order valence-corrected chi connectivity index (χ4v) is 2.10. The molecule has 0 N–H and O–H groups in total. The highest BCUT2D eigenvalue weighted by atomic mass is 16.5. The first-order valence-corrected chi connectivity index (χ1v) is 6.26. The Morgan fingerprint density at radius 1 is 1.17 bits per heavy atom. The lowest BCUT2D eigenvalue weighted by Crippen LogP contribution is -2.47. The number of carbonyl (C=O) groups excluding carboxylic acids is 1. The van der Waals surface area contributed by atoms with E-state index < -0.39 is 0 Å². The van der Waals surface area contributed by atoms with Crippen molar-refractivity contribution < 1.29 is 9.53 Å². The summed E-state index contributed by atoms with van der Waals surface area (Å²) in [6.45, 7) is 4.12. The first-order chi connectivity index (χ1) is 8.70. The van der Waals surface area contributed by atoms with Crippen molar-refractivity contribution in [1.29, 1.82) is 0 Å². The fourth-order valence-electron chi connectivity index (χ4n) is 2.10. The van der Waals surface area contributed by atoms with Crippen LogP contribution in [0.3, 0.4) is 0 Å². The maximum Gasteiger partial charge on any atom is 0.253 e. The van der Waals surface area contributed by atoms with Gasteiger partial charge in [-0.15, -0.1) is 0 Å². The Morgan fingerprint density at radius 2 is 1.78 bits per heavy atom. The number of nitrogens with zero attached hydrogens (tertiary/aromatic N) is 2. The monoisotopic (exact) mass is 248 g/mol. The molecule has 98 valence electrons. The maximum absolute atomic E-state index is 12.3. The molecule has 4 heteroatoms. The highest BCUT2D eigenvalue weighted by Crippen LogP contribution is 2.10. The van der Waals surface area contributed by atoms with Crippen LogP contribution < -0.4 is 0 Å². The van der Waals surface area contributed by atoms with E-state index in [1.807, 2.05) is 29.2 Å². The van der Waals surface area contributed by atoms with Crippen LogP contribution in [0.2, 0.25) is 0 Å². The second kappa shape index (κ2) is 5.98. The van der Waals surface area contributed by atoms with Gasteiger partial charge in [0.15, 0.2) is 0 Å². The molecular formula is C14H20N2O2. The summed E-state index contributed by atoms with van der Waals surface area (Å²) in [6, 6.07) is 7.67. The van der Waals surface area contributed by atoms with Crippen LogP contribution in [-0.4, -0.2) is 56.0 Å². The first kappa shape index (κ1) is 13.1. The summed E-state index contributed by atoms with van der Waals surface area (Å²) >= 11 is 0. The minimum atomic E-state index is 0.132. The Kier molecular flexibility index (Phi) is 4.33. The lowest BCUT2D eigenvalue weighted by atomic mass is 10.1. The normalized spacial score (nSPS) is 16.9. The van der Waals surface area contributed by atoms with Crippen LogP contribution in [0.5, 0.6) is 0 Å². The van der Waals surface area contributed by atoms with E-state index in [2.05, 4.69) is 11.9 Å². The van der Waals surface area contributed by atoms with Crippen molar-refractivity contribution in [2.24, 2.45) is 0 Å². The Balaban J connectivity index is 2.00. The minimum Gasteiger partial charge on any atom is -0.380 e. The highest BCUT2D eigenvalue weighted by molar-refractivity contribution is 5.94. The quantitative estimate of drug-likeness (QED) is 0.806. The number of piperazine rings is 1. The maximum atomic E-state index is 12.3. The number of methoxy groups -OCH3 is 1. The third-order valence-corrected chi connectivity index (χ3v) is 3.30. The number of ether oxygens (including phenoxy) is 1. The summed E-state index contributed by atoms with van der Waals surface area (Å²) in [4.78, 5) is 16.4. The summed E-state index contributed by atoms with van der Waals surface area (Å²) in [5, 5.41) is 0. The Hall–Kier alpha value is -1.39. The lowest BCUT2D eigenvalue weighted by Gasteiger charge is -2.32. The fraction of sp³-hybridized carbons (Fsp3) is 0.500. The van der Waals surface area contributed by atoms with E-state index >= 15 is 0 Å². The molecule has 0 atom stereocenters.